The van der Waals surface area contributed by atoms with Gasteiger partial charge in [0.15, 0.2) is 0 Å². The highest BCUT2D eigenvalue weighted by molar-refractivity contribution is 5.68. The van der Waals surface area contributed by atoms with Gasteiger partial charge in [-0.3, -0.25) is 0 Å². The molecule has 1 rings (SSSR count). The van der Waals surface area contributed by atoms with Crippen molar-refractivity contribution in [3.63, 3.8) is 0 Å². The summed E-state index contributed by atoms with van der Waals surface area (Å²) in [6.45, 7) is 3.94. The van der Waals surface area contributed by atoms with E-state index in [0.717, 1.165) is 17.5 Å². The van der Waals surface area contributed by atoms with E-state index in [4.69, 9.17) is 10.5 Å². The molecule has 0 atom stereocenters. The van der Waals surface area contributed by atoms with Crippen LogP contribution >= 0.6 is 0 Å². The van der Waals surface area contributed by atoms with E-state index in [1.54, 1.807) is 0 Å². The lowest BCUT2D eigenvalue weighted by Crippen LogP contribution is -2.17. The Morgan fingerprint density at radius 3 is 2.77 bits per heavy atom. The summed E-state index contributed by atoms with van der Waals surface area (Å²) in [6, 6.07) is 5.73. The zero-order valence-corrected chi connectivity index (χ0v) is 7.83. The molecule has 70 valence electrons. The van der Waals surface area contributed by atoms with Crippen molar-refractivity contribution < 1.29 is 9.53 Å². The van der Waals surface area contributed by atoms with Gasteiger partial charge in [-0.15, -0.1) is 0 Å². The van der Waals surface area contributed by atoms with Crippen molar-refractivity contribution in [3.8, 4) is 5.75 Å². The second kappa shape index (κ2) is 3.94. The van der Waals surface area contributed by atoms with Crippen LogP contribution in [0.5, 0.6) is 5.75 Å². The maximum atomic E-state index is 10.5. The lowest BCUT2D eigenvalue weighted by Gasteiger charge is -2.07. The molecular formula is C10H13NO2. The van der Waals surface area contributed by atoms with Crippen LogP contribution in [0.15, 0.2) is 18.2 Å². The highest BCUT2D eigenvalue weighted by atomic mass is 16.5. The number of carbonyl (C=O) groups is 1. The van der Waals surface area contributed by atoms with Crippen LogP contribution in [0.1, 0.15) is 18.1 Å². The summed E-state index contributed by atoms with van der Waals surface area (Å²) < 4.78 is 4.86. The van der Waals surface area contributed by atoms with E-state index in [9.17, 15) is 4.79 Å². The number of ether oxygens (including phenoxy) is 1. The molecule has 1 amide bonds. The molecule has 0 aliphatic rings. The van der Waals surface area contributed by atoms with Crippen LogP contribution in [-0.2, 0) is 6.42 Å². The van der Waals surface area contributed by atoms with Crippen LogP contribution in [0.2, 0.25) is 0 Å². The number of benzene rings is 1. The minimum atomic E-state index is -0.764. The molecule has 0 radical (unpaired) electrons. The van der Waals surface area contributed by atoms with Crippen molar-refractivity contribution in [2.75, 3.05) is 0 Å². The molecule has 1 aromatic carbocycles. The summed E-state index contributed by atoms with van der Waals surface area (Å²) in [5.74, 6) is 0.565. The lowest BCUT2D eigenvalue weighted by atomic mass is 10.1. The molecule has 1 aromatic rings. The molecule has 13 heavy (non-hydrogen) atoms. The van der Waals surface area contributed by atoms with Gasteiger partial charge in [0.25, 0.3) is 0 Å². The summed E-state index contributed by atoms with van der Waals surface area (Å²) in [5.41, 5.74) is 6.98. The van der Waals surface area contributed by atoms with Gasteiger partial charge in [-0.2, -0.15) is 0 Å². The number of hydrogen-bond acceptors (Lipinski definition) is 2. The summed E-state index contributed by atoms with van der Waals surface area (Å²) in [7, 11) is 0. The Labute approximate surface area is 77.5 Å². The zero-order valence-electron chi connectivity index (χ0n) is 7.83. The minimum Gasteiger partial charge on any atom is -0.410 e. The van der Waals surface area contributed by atoms with E-state index in [2.05, 4.69) is 0 Å². The van der Waals surface area contributed by atoms with Crippen LogP contribution in [0.4, 0.5) is 4.79 Å². The lowest BCUT2D eigenvalue weighted by molar-refractivity contribution is 0.210. The van der Waals surface area contributed by atoms with Crippen molar-refractivity contribution in [2.24, 2.45) is 5.73 Å². The Balaban J connectivity index is 3.01. The van der Waals surface area contributed by atoms with E-state index in [1.165, 1.54) is 0 Å². The molecule has 0 unspecified atom stereocenters. The van der Waals surface area contributed by atoms with E-state index in [1.807, 2.05) is 32.0 Å². The average Bonchev–Trinajstić information content (AvgIpc) is 2.03. The third kappa shape index (κ3) is 2.47. The summed E-state index contributed by atoms with van der Waals surface area (Å²) in [4.78, 5) is 10.5. The van der Waals surface area contributed by atoms with Crippen LogP contribution in [0.3, 0.4) is 0 Å². The van der Waals surface area contributed by atoms with E-state index >= 15 is 0 Å². The monoisotopic (exact) mass is 179 g/mol. The molecule has 0 saturated heterocycles. The first-order chi connectivity index (χ1) is 6.13. The van der Waals surface area contributed by atoms with Crippen LogP contribution in [0.25, 0.3) is 0 Å². The number of primary amides is 1. The first kappa shape index (κ1) is 9.58. The fraction of sp³-hybridized carbons (Fsp3) is 0.300. The highest BCUT2D eigenvalue weighted by Crippen LogP contribution is 2.20. The van der Waals surface area contributed by atoms with Gasteiger partial charge in [0.05, 0.1) is 0 Å². The third-order valence-electron chi connectivity index (χ3n) is 1.81. The van der Waals surface area contributed by atoms with E-state index in [0.29, 0.717) is 5.75 Å². The fourth-order valence-corrected chi connectivity index (χ4v) is 1.16. The van der Waals surface area contributed by atoms with Gasteiger partial charge in [0, 0.05) is 0 Å². The Morgan fingerprint density at radius 1 is 1.54 bits per heavy atom. The number of hydrogen-bond donors (Lipinski definition) is 1. The summed E-state index contributed by atoms with van der Waals surface area (Å²) in [5, 5.41) is 0. The van der Waals surface area contributed by atoms with Crippen molar-refractivity contribution in [3.05, 3.63) is 29.3 Å². The Morgan fingerprint density at radius 2 is 2.23 bits per heavy atom. The topological polar surface area (TPSA) is 52.3 Å². The SMILES string of the molecule is CCc1ccc(C)cc1OC(N)=O. The van der Waals surface area contributed by atoms with Crippen molar-refractivity contribution in [2.45, 2.75) is 20.3 Å². The number of carbonyl (C=O) groups excluding carboxylic acids is 1. The molecular weight excluding hydrogens is 166 g/mol. The molecule has 3 nitrogen and oxygen atoms in total. The number of nitrogens with two attached hydrogens (primary N) is 1. The van der Waals surface area contributed by atoms with E-state index < -0.39 is 6.09 Å². The second-order valence-corrected chi connectivity index (χ2v) is 2.89. The van der Waals surface area contributed by atoms with Gasteiger partial charge in [-0.05, 0) is 30.5 Å². The predicted molar refractivity (Wildman–Crippen MR) is 50.8 cm³/mol. The van der Waals surface area contributed by atoms with Crippen LogP contribution < -0.4 is 10.5 Å². The van der Waals surface area contributed by atoms with Crippen molar-refractivity contribution in [1.29, 1.82) is 0 Å². The molecule has 0 aliphatic heterocycles. The molecule has 0 spiro atoms. The average molecular weight is 179 g/mol. The van der Waals surface area contributed by atoms with Gasteiger partial charge in [-0.25, -0.2) is 4.79 Å². The first-order valence-corrected chi connectivity index (χ1v) is 4.20. The standard InChI is InChI=1S/C10H13NO2/c1-3-8-5-4-7(2)6-9(8)13-10(11)12/h4-6H,3H2,1-2H3,(H2,11,12). The quantitative estimate of drug-likeness (QED) is 0.755. The molecule has 0 heterocycles. The molecule has 2 N–H and O–H groups in total. The highest BCUT2D eigenvalue weighted by Gasteiger charge is 2.04. The Kier molecular flexibility index (Phi) is 2.90. The van der Waals surface area contributed by atoms with Gasteiger partial charge < -0.3 is 10.5 Å². The zero-order chi connectivity index (χ0) is 9.84. The normalized spacial score (nSPS) is 9.69. The fourth-order valence-electron chi connectivity index (χ4n) is 1.16. The largest absolute Gasteiger partial charge is 0.410 e. The first-order valence-electron chi connectivity index (χ1n) is 4.20. The molecule has 0 aromatic heterocycles. The van der Waals surface area contributed by atoms with E-state index in [-0.39, 0.29) is 0 Å². The smallest absolute Gasteiger partial charge is 0.409 e. The summed E-state index contributed by atoms with van der Waals surface area (Å²) >= 11 is 0. The number of amides is 1. The predicted octanol–water partition coefficient (Wildman–Crippen LogP) is 2.01. The maximum absolute atomic E-state index is 10.5. The molecule has 0 bridgehead atoms. The van der Waals surface area contributed by atoms with Gasteiger partial charge in [0.2, 0.25) is 0 Å². The van der Waals surface area contributed by atoms with Gasteiger partial charge >= 0.3 is 6.09 Å². The van der Waals surface area contributed by atoms with Crippen LogP contribution in [-0.4, -0.2) is 6.09 Å². The Bertz CT molecular complexity index is 321. The minimum absolute atomic E-state index is 0.565. The molecule has 0 saturated carbocycles. The third-order valence-corrected chi connectivity index (χ3v) is 1.81. The Hall–Kier alpha value is -1.51. The molecule has 0 fully saturated rings. The number of aryl methyl sites for hydroxylation is 2. The second-order valence-electron chi connectivity index (χ2n) is 2.89. The number of rotatable bonds is 2. The molecule has 3 heteroatoms. The molecule has 0 aliphatic carbocycles. The van der Waals surface area contributed by atoms with Crippen molar-refractivity contribution in [1.82, 2.24) is 0 Å². The maximum Gasteiger partial charge on any atom is 0.409 e. The van der Waals surface area contributed by atoms with Gasteiger partial charge in [0.1, 0.15) is 5.75 Å². The van der Waals surface area contributed by atoms with Crippen LogP contribution in [0, 0.1) is 6.92 Å². The van der Waals surface area contributed by atoms with Crippen molar-refractivity contribution >= 4 is 6.09 Å². The van der Waals surface area contributed by atoms with Gasteiger partial charge in [-0.1, -0.05) is 19.1 Å². The summed E-state index contributed by atoms with van der Waals surface area (Å²) in [6.07, 6.45) is 0.0587.